The van der Waals surface area contributed by atoms with Gasteiger partial charge < -0.3 is 9.72 Å². The van der Waals surface area contributed by atoms with Gasteiger partial charge in [-0.05, 0) is 56.2 Å². The van der Waals surface area contributed by atoms with Gasteiger partial charge in [-0.3, -0.25) is 0 Å². The number of benzene rings is 2. The molecule has 108 valence electrons. The van der Waals surface area contributed by atoms with E-state index < -0.39 is 0 Å². The van der Waals surface area contributed by atoms with Crippen LogP contribution in [0.5, 0.6) is 5.75 Å². The summed E-state index contributed by atoms with van der Waals surface area (Å²) in [4.78, 5) is 8.00. The Hall–Kier alpha value is -2.00. The minimum atomic E-state index is -0.171. The van der Waals surface area contributed by atoms with Crippen LogP contribution in [0.1, 0.15) is 30.0 Å². The molecule has 4 heteroatoms. The number of halogens is 1. The van der Waals surface area contributed by atoms with E-state index in [1.54, 1.807) is 6.07 Å². The average Bonchev–Trinajstić information content (AvgIpc) is 2.83. The second-order valence-electron chi connectivity index (χ2n) is 5.32. The van der Waals surface area contributed by atoms with Crippen LogP contribution in [0.2, 0.25) is 5.02 Å². The molecule has 0 bridgehead atoms. The van der Waals surface area contributed by atoms with Crippen LogP contribution in [-0.4, -0.2) is 9.97 Å². The summed E-state index contributed by atoms with van der Waals surface area (Å²) in [5.41, 5.74) is 4.43. The van der Waals surface area contributed by atoms with Crippen molar-refractivity contribution in [2.75, 3.05) is 0 Å². The third-order valence-corrected chi connectivity index (χ3v) is 3.67. The quantitative estimate of drug-likeness (QED) is 0.741. The van der Waals surface area contributed by atoms with Gasteiger partial charge in [0.25, 0.3) is 0 Å². The van der Waals surface area contributed by atoms with Crippen molar-refractivity contribution >= 4 is 22.6 Å². The first kappa shape index (κ1) is 14.0. The monoisotopic (exact) mass is 300 g/mol. The number of aromatic amines is 1. The van der Waals surface area contributed by atoms with Crippen LogP contribution in [0.25, 0.3) is 11.0 Å². The molecule has 1 N–H and O–H groups in total. The van der Waals surface area contributed by atoms with Gasteiger partial charge in [-0.25, -0.2) is 4.98 Å². The van der Waals surface area contributed by atoms with E-state index in [4.69, 9.17) is 16.3 Å². The lowest BCUT2D eigenvalue weighted by molar-refractivity contribution is 0.218. The molecular weight excluding hydrogens is 284 g/mol. The van der Waals surface area contributed by atoms with E-state index in [-0.39, 0.29) is 6.10 Å². The average molecular weight is 301 g/mol. The molecule has 2 aromatic carbocycles. The highest BCUT2D eigenvalue weighted by molar-refractivity contribution is 6.30. The lowest BCUT2D eigenvalue weighted by Gasteiger charge is -2.12. The molecule has 0 amide bonds. The number of nitrogens with one attached hydrogen (secondary N) is 1. The number of imidazole rings is 1. The highest BCUT2D eigenvalue weighted by Crippen LogP contribution is 2.25. The smallest absolute Gasteiger partial charge is 0.153 e. The van der Waals surface area contributed by atoms with Crippen molar-refractivity contribution in [2.24, 2.45) is 0 Å². The zero-order valence-corrected chi connectivity index (χ0v) is 13.0. The molecule has 0 aliphatic heterocycles. The van der Waals surface area contributed by atoms with Crippen LogP contribution in [0.4, 0.5) is 0 Å². The van der Waals surface area contributed by atoms with E-state index in [2.05, 4.69) is 35.9 Å². The Bertz CT molecular complexity index is 795. The van der Waals surface area contributed by atoms with Gasteiger partial charge >= 0.3 is 0 Å². The standard InChI is InChI=1S/C17H17ClN2O/c1-10-7-11(2)16-15(8-10)19-17(20-16)12(3)21-14-6-4-5-13(18)9-14/h4-9,12H,1-3H3,(H,19,20). The maximum absolute atomic E-state index is 5.97. The lowest BCUT2D eigenvalue weighted by Crippen LogP contribution is -2.04. The van der Waals surface area contributed by atoms with Crippen molar-refractivity contribution in [1.82, 2.24) is 9.97 Å². The Morgan fingerprint density at radius 1 is 1.19 bits per heavy atom. The first-order chi connectivity index (χ1) is 10.0. The van der Waals surface area contributed by atoms with Crippen LogP contribution < -0.4 is 4.74 Å². The normalized spacial score (nSPS) is 12.6. The van der Waals surface area contributed by atoms with E-state index in [9.17, 15) is 0 Å². The fraction of sp³-hybridized carbons (Fsp3) is 0.235. The first-order valence-electron chi connectivity index (χ1n) is 6.92. The molecule has 3 aromatic rings. The van der Waals surface area contributed by atoms with Crippen molar-refractivity contribution in [2.45, 2.75) is 26.9 Å². The molecule has 0 aliphatic carbocycles. The Morgan fingerprint density at radius 2 is 2.00 bits per heavy atom. The number of fused-ring (bicyclic) bond motifs is 1. The summed E-state index contributed by atoms with van der Waals surface area (Å²) in [6, 6.07) is 11.6. The lowest BCUT2D eigenvalue weighted by atomic mass is 10.1. The number of ether oxygens (including phenoxy) is 1. The second kappa shape index (κ2) is 5.41. The Kier molecular flexibility index (Phi) is 3.60. The van der Waals surface area contributed by atoms with Crippen molar-refractivity contribution < 1.29 is 4.74 Å². The maximum Gasteiger partial charge on any atom is 0.153 e. The Balaban J connectivity index is 1.91. The van der Waals surface area contributed by atoms with Crippen molar-refractivity contribution in [3.8, 4) is 5.75 Å². The molecule has 3 nitrogen and oxygen atoms in total. The van der Waals surface area contributed by atoms with Gasteiger partial charge in [0.2, 0.25) is 0 Å². The maximum atomic E-state index is 5.97. The number of H-pyrrole nitrogens is 1. The summed E-state index contributed by atoms with van der Waals surface area (Å²) >= 11 is 5.97. The fourth-order valence-electron chi connectivity index (χ4n) is 2.48. The van der Waals surface area contributed by atoms with Crippen molar-refractivity contribution in [3.05, 3.63) is 58.4 Å². The molecular formula is C17H17ClN2O. The molecule has 21 heavy (non-hydrogen) atoms. The molecule has 0 saturated heterocycles. The summed E-state index contributed by atoms with van der Waals surface area (Å²) in [6.07, 6.45) is -0.171. The fourth-order valence-corrected chi connectivity index (χ4v) is 2.66. The van der Waals surface area contributed by atoms with Crippen LogP contribution >= 0.6 is 11.6 Å². The van der Waals surface area contributed by atoms with Crippen LogP contribution in [-0.2, 0) is 0 Å². The summed E-state index contributed by atoms with van der Waals surface area (Å²) < 4.78 is 5.90. The highest BCUT2D eigenvalue weighted by Gasteiger charge is 2.14. The Labute approximate surface area is 128 Å². The van der Waals surface area contributed by atoms with Gasteiger partial charge in [-0.1, -0.05) is 23.7 Å². The minimum absolute atomic E-state index is 0.171. The number of hydrogen-bond acceptors (Lipinski definition) is 2. The van der Waals surface area contributed by atoms with Crippen LogP contribution in [0.15, 0.2) is 36.4 Å². The molecule has 0 fully saturated rings. The van der Waals surface area contributed by atoms with E-state index in [1.807, 2.05) is 25.1 Å². The largest absolute Gasteiger partial charge is 0.483 e. The van der Waals surface area contributed by atoms with Gasteiger partial charge in [0.1, 0.15) is 11.6 Å². The van der Waals surface area contributed by atoms with Crippen molar-refractivity contribution in [3.63, 3.8) is 0 Å². The molecule has 1 atom stereocenters. The molecule has 0 saturated carbocycles. The predicted octanol–water partition coefficient (Wildman–Crippen LogP) is 4.97. The number of hydrogen-bond donors (Lipinski definition) is 1. The molecule has 0 aliphatic rings. The zero-order chi connectivity index (χ0) is 15.0. The molecule has 1 unspecified atom stereocenters. The van der Waals surface area contributed by atoms with E-state index in [0.717, 1.165) is 22.6 Å². The molecule has 3 rings (SSSR count). The zero-order valence-electron chi connectivity index (χ0n) is 12.3. The van der Waals surface area contributed by atoms with E-state index in [1.165, 1.54) is 11.1 Å². The number of nitrogens with zero attached hydrogens (tertiary/aromatic N) is 1. The SMILES string of the molecule is Cc1cc(C)c2nc(C(C)Oc3cccc(Cl)c3)[nH]c2c1. The minimum Gasteiger partial charge on any atom is -0.483 e. The highest BCUT2D eigenvalue weighted by atomic mass is 35.5. The van der Waals surface area contributed by atoms with Gasteiger partial charge in [0.05, 0.1) is 11.0 Å². The first-order valence-corrected chi connectivity index (χ1v) is 7.30. The summed E-state index contributed by atoms with van der Waals surface area (Å²) in [5.74, 6) is 1.56. The topological polar surface area (TPSA) is 37.9 Å². The van der Waals surface area contributed by atoms with E-state index in [0.29, 0.717) is 5.02 Å². The van der Waals surface area contributed by atoms with Crippen LogP contribution in [0, 0.1) is 13.8 Å². The molecule has 1 aromatic heterocycles. The van der Waals surface area contributed by atoms with Gasteiger partial charge in [0.15, 0.2) is 6.10 Å². The predicted molar refractivity (Wildman–Crippen MR) is 86.1 cm³/mol. The Morgan fingerprint density at radius 3 is 2.76 bits per heavy atom. The summed E-state index contributed by atoms with van der Waals surface area (Å²) in [7, 11) is 0. The molecule has 0 spiro atoms. The van der Waals surface area contributed by atoms with Crippen molar-refractivity contribution in [1.29, 1.82) is 0 Å². The van der Waals surface area contributed by atoms with Gasteiger partial charge in [-0.15, -0.1) is 0 Å². The third-order valence-electron chi connectivity index (χ3n) is 3.43. The van der Waals surface area contributed by atoms with Crippen LogP contribution in [0.3, 0.4) is 0 Å². The van der Waals surface area contributed by atoms with Gasteiger partial charge in [-0.2, -0.15) is 0 Å². The second-order valence-corrected chi connectivity index (χ2v) is 5.75. The van der Waals surface area contributed by atoms with Gasteiger partial charge in [0, 0.05) is 5.02 Å². The number of rotatable bonds is 3. The number of aryl methyl sites for hydroxylation is 2. The number of aromatic nitrogens is 2. The third kappa shape index (κ3) is 2.88. The summed E-state index contributed by atoms with van der Waals surface area (Å²) in [6.45, 7) is 6.13. The molecule has 0 radical (unpaired) electrons. The molecule has 1 heterocycles. The summed E-state index contributed by atoms with van der Waals surface area (Å²) in [5, 5.41) is 0.663. The van der Waals surface area contributed by atoms with E-state index >= 15 is 0 Å².